The molecule has 2 aromatic heterocycles. The van der Waals surface area contributed by atoms with Gasteiger partial charge in [0.1, 0.15) is 5.92 Å². The van der Waals surface area contributed by atoms with E-state index in [0.717, 1.165) is 5.52 Å². The van der Waals surface area contributed by atoms with Gasteiger partial charge < -0.3 is 0 Å². The van der Waals surface area contributed by atoms with E-state index in [1.807, 2.05) is 6.07 Å². The summed E-state index contributed by atoms with van der Waals surface area (Å²) in [6.07, 6.45) is 5.02. The third kappa shape index (κ3) is 1.32. The molecule has 5 heteroatoms. The summed E-state index contributed by atoms with van der Waals surface area (Å²) in [6, 6.07) is 3.93. The SMILES string of the molecule is N#CC(CCl)c1nccn2nccc12. The highest BCUT2D eigenvalue weighted by atomic mass is 35.5. The van der Waals surface area contributed by atoms with Crippen molar-refractivity contribution in [3.8, 4) is 6.07 Å². The van der Waals surface area contributed by atoms with Gasteiger partial charge in [0.25, 0.3) is 0 Å². The number of hydrogen-bond donors (Lipinski definition) is 0. The molecule has 0 spiro atoms. The Morgan fingerprint density at radius 3 is 3.14 bits per heavy atom. The van der Waals surface area contributed by atoms with Gasteiger partial charge in [-0.1, -0.05) is 0 Å². The fraction of sp³-hybridized carbons (Fsp3) is 0.222. The van der Waals surface area contributed by atoms with Crippen LogP contribution in [0.25, 0.3) is 5.52 Å². The highest BCUT2D eigenvalue weighted by molar-refractivity contribution is 6.18. The molecule has 0 aromatic carbocycles. The van der Waals surface area contributed by atoms with Crippen LogP contribution >= 0.6 is 11.6 Å². The van der Waals surface area contributed by atoms with Crippen molar-refractivity contribution in [2.24, 2.45) is 0 Å². The summed E-state index contributed by atoms with van der Waals surface area (Å²) in [6.45, 7) is 0. The molecule has 0 N–H and O–H groups in total. The van der Waals surface area contributed by atoms with Crippen LogP contribution in [0, 0.1) is 11.3 Å². The number of halogens is 1. The first-order valence-corrected chi connectivity index (χ1v) is 4.64. The largest absolute Gasteiger partial charge is 0.256 e. The summed E-state index contributed by atoms with van der Waals surface area (Å²) >= 11 is 5.68. The monoisotopic (exact) mass is 206 g/mol. The average Bonchev–Trinajstić information content (AvgIpc) is 2.68. The van der Waals surface area contributed by atoms with Crippen molar-refractivity contribution >= 4 is 17.1 Å². The molecule has 0 amide bonds. The minimum atomic E-state index is -0.378. The lowest BCUT2D eigenvalue weighted by Crippen LogP contribution is -2.03. The summed E-state index contributed by atoms with van der Waals surface area (Å²) in [5.74, 6) is -0.133. The Hall–Kier alpha value is -1.60. The summed E-state index contributed by atoms with van der Waals surface area (Å²) in [4.78, 5) is 4.15. The van der Waals surface area contributed by atoms with Crippen LogP contribution in [0.15, 0.2) is 24.7 Å². The molecule has 0 aliphatic rings. The second-order valence-corrected chi connectivity index (χ2v) is 3.12. The number of aromatic nitrogens is 3. The average molecular weight is 207 g/mol. The zero-order valence-electron chi connectivity index (χ0n) is 7.26. The van der Waals surface area contributed by atoms with Gasteiger partial charge in [-0.05, 0) is 6.07 Å². The van der Waals surface area contributed by atoms with Gasteiger partial charge in [-0.25, -0.2) is 4.52 Å². The van der Waals surface area contributed by atoms with E-state index in [4.69, 9.17) is 16.9 Å². The normalized spacial score (nSPS) is 12.6. The molecule has 2 rings (SSSR count). The van der Waals surface area contributed by atoms with E-state index in [1.165, 1.54) is 0 Å². The van der Waals surface area contributed by atoms with Crippen molar-refractivity contribution in [3.05, 3.63) is 30.4 Å². The van der Waals surface area contributed by atoms with Crippen LogP contribution in [-0.2, 0) is 0 Å². The molecule has 0 aliphatic heterocycles. The Morgan fingerprint density at radius 1 is 1.57 bits per heavy atom. The van der Waals surface area contributed by atoms with Crippen LogP contribution in [0.3, 0.4) is 0 Å². The van der Waals surface area contributed by atoms with Crippen molar-refractivity contribution in [2.75, 3.05) is 5.88 Å². The fourth-order valence-electron chi connectivity index (χ4n) is 1.32. The first kappa shape index (κ1) is 8.97. The van der Waals surface area contributed by atoms with Gasteiger partial charge in [-0.3, -0.25) is 4.98 Å². The first-order valence-electron chi connectivity index (χ1n) is 4.10. The van der Waals surface area contributed by atoms with E-state index in [-0.39, 0.29) is 11.8 Å². The highest BCUT2D eigenvalue weighted by Crippen LogP contribution is 2.18. The smallest absolute Gasteiger partial charge is 0.104 e. The van der Waals surface area contributed by atoms with Gasteiger partial charge in [0.2, 0.25) is 0 Å². The molecule has 14 heavy (non-hydrogen) atoms. The zero-order valence-corrected chi connectivity index (χ0v) is 8.02. The Morgan fingerprint density at radius 2 is 2.43 bits per heavy atom. The molecular formula is C9H7ClN4. The van der Waals surface area contributed by atoms with Gasteiger partial charge in [-0.15, -0.1) is 11.6 Å². The maximum absolute atomic E-state index is 8.87. The van der Waals surface area contributed by atoms with E-state index in [9.17, 15) is 0 Å². The lowest BCUT2D eigenvalue weighted by molar-refractivity contribution is 0.879. The number of rotatable bonds is 2. The molecule has 1 unspecified atom stereocenters. The minimum Gasteiger partial charge on any atom is -0.256 e. The molecule has 70 valence electrons. The lowest BCUT2D eigenvalue weighted by Gasteiger charge is -2.05. The molecule has 0 bridgehead atoms. The standard InChI is InChI=1S/C9H7ClN4/c10-5-7(6-11)9-8-1-2-13-14(8)4-3-12-9/h1-4,7H,5H2. The van der Waals surface area contributed by atoms with Crippen molar-refractivity contribution in [2.45, 2.75) is 5.92 Å². The van der Waals surface area contributed by atoms with Crippen molar-refractivity contribution in [3.63, 3.8) is 0 Å². The topological polar surface area (TPSA) is 54.0 Å². The second-order valence-electron chi connectivity index (χ2n) is 2.81. The van der Waals surface area contributed by atoms with Crippen molar-refractivity contribution in [1.29, 1.82) is 5.26 Å². The van der Waals surface area contributed by atoms with E-state index in [2.05, 4.69) is 16.2 Å². The van der Waals surface area contributed by atoms with E-state index in [1.54, 1.807) is 23.1 Å². The molecule has 0 fully saturated rings. The molecule has 0 saturated heterocycles. The maximum atomic E-state index is 8.87. The van der Waals surface area contributed by atoms with Crippen LogP contribution in [0.1, 0.15) is 11.6 Å². The predicted molar refractivity (Wildman–Crippen MR) is 52.1 cm³/mol. The molecular weight excluding hydrogens is 200 g/mol. The second kappa shape index (κ2) is 3.64. The van der Waals surface area contributed by atoms with Crippen LogP contribution in [0.5, 0.6) is 0 Å². The molecule has 0 aliphatic carbocycles. The summed E-state index contributed by atoms with van der Waals surface area (Å²) in [5, 5.41) is 12.9. The maximum Gasteiger partial charge on any atom is 0.104 e. The quantitative estimate of drug-likeness (QED) is 0.701. The summed E-state index contributed by atoms with van der Waals surface area (Å²) < 4.78 is 1.68. The molecule has 0 saturated carbocycles. The number of fused-ring (bicyclic) bond motifs is 1. The Kier molecular flexibility index (Phi) is 2.33. The Labute approximate surface area is 85.7 Å². The van der Waals surface area contributed by atoms with Gasteiger partial charge in [-0.2, -0.15) is 10.4 Å². The highest BCUT2D eigenvalue weighted by Gasteiger charge is 2.14. The molecule has 2 heterocycles. The Bertz CT molecular complexity index is 485. The third-order valence-corrected chi connectivity index (χ3v) is 2.30. The van der Waals surface area contributed by atoms with Crippen molar-refractivity contribution < 1.29 is 0 Å². The van der Waals surface area contributed by atoms with E-state index in [0.29, 0.717) is 5.69 Å². The zero-order chi connectivity index (χ0) is 9.97. The van der Waals surface area contributed by atoms with E-state index >= 15 is 0 Å². The fourth-order valence-corrected chi connectivity index (χ4v) is 1.53. The molecule has 0 radical (unpaired) electrons. The van der Waals surface area contributed by atoms with Gasteiger partial charge in [0.15, 0.2) is 0 Å². The predicted octanol–water partition coefficient (Wildman–Crippen LogP) is 1.58. The Balaban J connectivity index is 2.62. The van der Waals surface area contributed by atoms with Gasteiger partial charge in [0, 0.05) is 18.3 Å². The molecule has 4 nitrogen and oxygen atoms in total. The number of alkyl halides is 1. The number of nitrogens with zero attached hydrogens (tertiary/aromatic N) is 4. The van der Waals surface area contributed by atoms with Gasteiger partial charge >= 0.3 is 0 Å². The van der Waals surface area contributed by atoms with E-state index < -0.39 is 0 Å². The third-order valence-electron chi connectivity index (χ3n) is 1.99. The number of hydrogen-bond acceptors (Lipinski definition) is 3. The minimum absolute atomic E-state index is 0.244. The van der Waals surface area contributed by atoms with Crippen molar-refractivity contribution in [1.82, 2.24) is 14.6 Å². The van der Waals surface area contributed by atoms with Gasteiger partial charge in [0.05, 0.1) is 23.5 Å². The summed E-state index contributed by atoms with van der Waals surface area (Å²) in [5.41, 5.74) is 1.52. The van der Waals surface area contributed by atoms with Crippen LogP contribution in [0.2, 0.25) is 0 Å². The molecule has 1 atom stereocenters. The summed E-state index contributed by atoms with van der Waals surface area (Å²) in [7, 11) is 0. The number of nitriles is 1. The van der Waals surface area contributed by atoms with Crippen LogP contribution in [0.4, 0.5) is 0 Å². The lowest BCUT2D eigenvalue weighted by atomic mass is 10.1. The van der Waals surface area contributed by atoms with Crippen LogP contribution in [-0.4, -0.2) is 20.5 Å². The molecule has 2 aromatic rings. The first-order chi connectivity index (χ1) is 6.86. The van der Waals surface area contributed by atoms with Crippen LogP contribution < -0.4 is 0 Å².